The Morgan fingerprint density at radius 2 is 1.57 bits per heavy atom. The molecule has 7 heteroatoms. The molecule has 0 bridgehead atoms. The predicted molar refractivity (Wildman–Crippen MR) is 145 cm³/mol. The van der Waals surface area contributed by atoms with E-state index in [1.807, 2.05) is 42.5 Å². The fourth-order valence-electron chi connectivity index (χ4n) is 4.61. The van der Waals surface area contributed by atoms with Gasteiger partial charge in [0.05, 0.1) is 7.11 Å². The highest BCUT2D eigenvalue weighted by Gasteiger charge is 2.32. The summed E-state index contributed by atoms with van der Waals surface area (Å²) in [5, 5.41) is 3.82. The van der Waals surface area contributed by atoms with Gasteiger partial charge in [0.15, 0.2) is 6.61 Å². The van der Waals surface area contributed by atoms with Crippen LogP contribution >= 0.6 is 11.6 Å². The second kappa shape index (κ2) is 13.2. The molecule has 6 nitrogen and oxygen atoms in total. The topological polar surface area (TPSA) is 67.9 Å². The van der Waals surface area contributed by atoms with Crippen LogP contribution in [0.5, 0.6) is 11.5 Å². The third kappa shape index (κ3) is 7.73. The van der Waals surface area contributed by atoms with Gasteiger partial charge in [-0.05, 0) is 60.4 Å². The number of amides is 2. The van der Waals surface area contributed by atoms with Crippen LogP contribution in [0.25, 0.3) is 0 Å². The lowest BCUT2D eigenvalue weighted by molar-refractivity contribution is -0.143. The van der Waals surface area contributed by atoms with E-state index >= 15 is 0 Å². The first-order chi connectivity index (χ1) is 18.0. The Kier molecular flexibility index (Phi) is 9.44. The smallest absolute Gasteiger partial charge is 0.261 e. The average molecular weight is 521 g/mol. The number of rotatable bonds is 11. The highest BCUT2D eigenvalue weighted by atomic mass is 35.5. The molecule has 0 unspecified atom stereocenters. The van der Waals surface area contributed by atoms with Crippen molar-refractivity contribution in [1.82, 2.24) is 10.2 Å². The lowest BCUT2D eigenvalue weighted by Gasteiger charge is -2.32. The Bertz CT molecular complexity index is 1150. The van der Waals surface area contributed by atoms with E-state index in [-0.39, 0.29) is 31.0 Å². The van der Waals surface area contributed by atoms with Crippen molar-refractivity contribution in [1.29, 1.82) is 0 Å². The van der Waals surface area contributed by atoms with Crippen LogP contribution in [0.1, 0.15) is 36.8 Å². The van der Waals surface area contributed by atoms with Crippen LogP contribution in [0, 0.1) is 0 Å². The molecule has 37 heavy (non-hydrogen) atoms. The average Bonchev–Trinajstić information content (AvgIpc) is 3.44. The summed E-state index contributed by atoms with van der Waals surface area (Å²) in [6.07, 6.45) is 4.56. The molecule has 1 aliphatic carbocycles. The van der Waals surface area contributed by atoms with Gasteiger partial charge in [0, 0.05) is 24.0 Å². The molecule has 0 heterocycles. The molecule has 0 radical (unpaired) electrons. The fourth-order valence-corrected chi connectivity index (χ4v) is 4.73. The number of nitrogens with zero attached hydrogens (tertiary/aromatic N) is 1. The monoisotopic (exact) mass is 520 g/mol. The number of nitrogens with one attached hydrogen (secondary N) is 1. The van der Waals surface area contributed by atoms with Crippen LogP contribution < -0.4 is 14.8 Å². The van der Waals surface area contributed by atoms with Gasteiger partial charge in [0.2, 0.25) is 5.91 Å². The van der Waals surface area contributed by atoms with E-state index in [0.29, 0.717) is 22.9 Å². The summed E-state index contributed by atoms with van der Waals surface area (Å²) < 4.78 is 11.0. The Hall–Kier alpha value is -3.51. The second-order valence-electron chi connectivity index (χ2n) is 9.31. The summed E-state index contributed by atoms with van der Waals surface area (Å²) in [4.78, 5) is 28.9. The molecule has 194 valence electrons. The van der Waals surface area contributed by atoms with Crippen molar-refractivity contribution >= 4 is 23.4 Å². The minimum Gasteiger partial charge on any atom is -0.497 e. The van der Waals surface area contributed by atoms with Gasteiger partial charge in [-0.3, -0.25) is 9.59 Å². The van der Waals surface area contributed by atoms with Crippen LogP contribution in [0.15, 0.2) is 78.9 Å². The molecule has 0 saturated heterocycles. The van der Waals surface area contributed by atoms with Crippen molar-refractivity contribution in [3.05, 3.63) is 95.0 Å². The van der Waals surface area contributed by atoms with E-state index < -0.39 is 6.04 Å². The lowest BCUT2D eigenvalue weighted by atomic mass is 10.0. The number of carbonyl (C=O) groups excluding carboxylic acids is 2. The highest BCUT2D eigenvalue weighted by Crippen LogP contribution is 2.21. The normalized spacial score (nSPS) is 14.1. The van der Waals surface area contributed by atoms with E-state index in [9.17, 15) is 9.59 Å². The summed E-state index contributed by atoms with van der Waals surface area (Å²) in [5.41, 5.74) is 1.87. The number of ether oxygens (including phenoxy) is 2. The summed E-state index contributed by atoms with van der Waals surface area (Å²) in [5.74, 6) is 0.848. The van der Waals surface area contributed by atoms with Gasteiger partial charge >= 0.3 is 0 Å². The fraction of sp³-hybridized carbons (Fsp3) is 0.333. The van der Waals surface area contributed by atoms with E-state index in [2.05, 4.69) is 5.32 Å². The van der Waals surface area contributed by atoms with Crippen molar-refractivity contribution in [2.45, 2.75) is 50.7 Å². The molecular weight excluding hydrogens is 488 g/mol. The van der Waals surface area contributed by atoms with Gasteiger partial charge in [-0.15, -0.1) is 0 Å². The van der Waals surface area contributed by atoms with Crippen molar-refractivity contribution in [2.75, 3.05) is 13.7 Å². The van der Waals surface area contributed by atoms with Crippen LogP contribution in [0.4, 0.5) is 0 Å². The van der Waals surface area contributed by atoms with Gasteiger partial charge < -0.3 is 19.7 Å². The molecule has 1 aliphatic rings. The number of methoxy groups -OCH3 is 1. The van der Waals surface area contributed by atoms with Crippen LogP contribution in [-0.4, -0.2) is 42.5 Å². The zero-order valence-corrected chi connectivity index (χ0v) is 21.8. The van der Waals surface area contributed by atoms with Crippen LogP contribution in [0.3, 0.4) is 0 Å². The summed E-state index contributed by atoms with van der Waals surface area (Å²) in [6, 6.07) is 23.6. The minimum absolute atomic E-state index is 0.137. The molecule has 3 aromatic carbocycles. The van der Waals surface area contributed by atoms with E-state index in [4.69, 9.17) is 21.1 Å². The molecule has 0 aromatic heterocycles. The van der Waals surface area contributed by atoms with E-state index in [1.54, 1.807) is 48.4 Å². The maximum Gasteiger partial charge on any atom is 0.261 e. The zero-order chi connectivity index (χ0) is 26.0. The molecule has 1 N–H and O–H groups in total. The third-order valence-electron chi connectivity index (χ3n) is 6.66. The molecule has 0 aliphatic heterocycles. The summed E-state index contributed by atoms with van der Waals surface area (Å²) in [6.45, 7) is 0.0689. The largest absolute Gasteiger partial charge is 0.497 e. The SMILES string of the molecule is COc1ccc(OCC(=O)N(Cc2ccc(Cl)cc2)[C@H](Cc2ccccc2)C(=O)NC2CCCC2)cc1. The first kappa shape index (κ1) is 26.6. The summed E-state index contributed by atoms with van der Waals surface area (Å²) >= 11 is 6.09. The van der Waals surface area contributed by atoms with Gasteiger partial charge in [0.1, 0.15) is 17.5 Å². The second-order valence-corrected chi connectivity index (χ2v) is 9.74. The van der Waals surface area contributed by atoms with Crippen molar-refractivity contribution < 1.29 is 19.1 Å². The Balaban J connectivity index is 1.58. The molecule has 4 rings (SSSR count). The Morgan fingerprint density at radius 1 is 0.919 bits per heavy atom. The third-order valence-corrected chi connectivity index (χ3v) is 6.91. The van der Waals surface area contributed by atoms with Crippen molar-refractivity contribution in [3.63, 3.8) is 0 Å². The number of carbonyl (C=O) groups is 2. The first-order valence-electron chi connectivity index (χ1n) is 12.7. The highest BCUT2D eigenvalue weighted by molar-refractivity contribution is 6.30. The Labute approximate surface area is 223 Å². The lowest BCUT2D eigenvalue weighted by Crippen LogP contribution is -2.53. The quantitative estimate of drug-likeness (QED) is 0.366. The van der Waals surface area contributed by atoms with Gasteiger partial charge in [-0.2, -0.15) is 0 Å². The number of hydrogen-bond donors (Lipinski definition) is 1. The van der Waals surface area contributed by atoms with Gasteiger partial charge in [-0.1, -0.05) is 66.9 Å². The van der Waals surface area contributed by atoms with Crippen molar-refractivity contribution in [2.24, 2.45) is 0 Å². The number of benzene rings is 3. The standard InChI is InChI=1S/C30H33ClN2O4/c1-36-26-15-17-27(18-16-26)37-21-29(34)33(20-23-11-13-24(31)14-12-23)28(19-22-7-3-2-4-8-22)30(35)32-25-9-5-6-10-25/h2-4,7-8,11-18,25,28H,5-6,9-10,19-21H2,1H3,(H,32,35)/t28-/m1/s1. The van der Waals surface area contributed by atoms with E-state index in [0.717, 1.165) is 36.8 Å². The molecule has 1 fully saturated rings. The zero-order valence-electron chi connectivity index (χ0n) is 21.1. The number of halogens is 1. The Morgan fingerprint density at radius 3 is 2.22 bits per heavy atom. The molecule has 3 aromatic rings. The maximum atomic E-state index is 13.7. The van der Waals surface area contributed by atoms with E-state index in [1.165, 1.54) is 0 Å². The molecule has 0 spiro atoms. The van der Waals surface area contributed by atoms with Crippen LogP contribution in [0.2, 0.25) is 5.02 Å². The maximum absolute atomic E-state index is 13.7. The van der Waals surface area contributed by atoms with Crippen LogP contribution in [-0.2, 0) is 22.6 Å². The summed E-state index contributed by atoms with van der Waals surface area (Å²) in [7, 11) is 1.59. The van der Waals surface area contributed by atoms with Gasteiger partial charge in [0.25, 0.3) is 5.91 Å². The predicted octanol–water partition coefficient (Wildman–Crippen LogP) is 5.43. The molecular formula is C30H33ClN2O4. The first-order valence-corrected chi connectivity index (χ1v) is 13.0. The van der Waals surface area contributed by atoms with Crippen molar-refractivity contribution in [3.8, 4) is 11.5 Å². The number of hydrogen-bond acceptors (Lipinski definition) is 4. The molecule has 1 atom stereocenters. The minimum atomic E-state index is -0.689. The molecule has 1 saturated carbocycles. The molecule has 2 amide bonds. The van der Waals surface area contributed by atoms with Gasteiger partial charge in [-0.25, -0.2) is 0 Å².